The number of hydrogen-bond acceptors (Lipinski definition) is 3. The standard InChI is InChI=1S/C12H19NO3S/c1-3-11(4-2)13-17(15,16)12-7-5-10(9-14)6-8-12/h5-8,11,13-14H,3-4,9H2,1-2H3. The second-order valence-electron chi connectivity index (χ2n) is 3.94. The van der Waals surface area contributed by atoms with E-state index in [0.717, 1.165) is 12.8 Å². The Balaban J connectivity index is 2.89. The zero-order chi connectivity index (χ0) is 12.9. The highest BCUT2D eigenvalue weighted by atomic mass is 32.2. The number of nitrogens with one attached hydrogen (secondary N) is 1. The van der Waals surface area contributed by atoms with Crippen molar-refractivity contribution in [3.05, 3.63) is 29.8 Å². The maximum atomic E-state index is 12.0. The number of aliphatic hydroxyl groups is 1. The molecule has 0 saturated heterocycles. The van der Waals surface area contributed by atoms with E-state index in [1.165, 1.54) is 12.1 Å². The van der Waals surface area contributed by atoms with E-state index in [-0.39, 0.29) is 17.5 Å². The Morgan fingerprint density at radius 1 is 1.18 bits per heavy atom. The lowest BCUT2D eigenvalue weighted by molar-refractivity contribution is 0.282. The quantitative estimate of drug-likeness (QED) is 0.814. The fourth-order valence-corrected chi connectivity index (χ4v) is 2.92. The van der Waals surface area contributed by atoms with Crippen molar-refractivity contribution in [2.45, 2.75) is 44.2 Å². The van der Waals surface area contributed by atoms with Crippen molar-refractivity contribution in [1.82, 2.24) is 4.72 Å². The second-order valence-corrected chi connectivity index (χ2v) is 5.65. The number of aliphatic hydroxyl groups excluding tert-OH is 1. The van der Waals surface area contributed by atoms with Gasteiger partial charge in [-0.2, -0.15) is 0 Å². The Bertz CT molecular complexity index is 435. The Hall–Kier alpha value is -0.910. The molecule has 17 heavy (non-hydrogen) atoms. The molecule has 0 atom stereocenters. The average molecular weight is 257 g/mol. The topological polar surface area (TPSA) is 66.4 Å². The number of benzene rings is 1. The van der Waals surface area contributed by atoms with Gasteiger partial charge in [-0.3, -0.25) is 0 Å². The van der Waals surface area contributed by atoms with Gasteiger partial charge in [0.2, 0.25) is 10.0 Å². The van der Waals surface area contributed by atoms with Crippen LogP contribution in [0.4, 0.5) is 0 Å². The van der Waals surface area contributed by atoms with Gasteiger partial charge in [0.05, 0.1) is 11.5 Å². The molecule has 0 fully saturated rings. The largest absolute Gasteiger partial charge is 0.392 e. The molecule has 0 aliphatic heterocycles. The first kappa shape index (κ1) is 14.2. The van der Waals surface area contributed by atoms with E-state index in [1.54, 1.807) is 12.1 Å². The van der Waals surface area contributed by atoms with Crippen molar-refractivity contribution in [2.75, 3.05) is 0 Å². The minimum absolute atomic E-state index is 0.0301. The van der Waals surface area contributed by atoms with Gasteiger partial charge in [0.25, 0.3) is 0 Å². The SMILES string of the molecule is CCC(CC)NS(=O)(=O)c1ccc(CO)cc1. The second kappa shape index (κ2) is 6.14. The Kier molecular flexibility index (Phi) is 5.11. The van der Waals surface area contributed by atoms with Crippen molar-refractivity contribution >= 4 is 10.0 Å². The summed E-state index contributed by atoms with van der Waals surface area (Å²) >= 11 is 0. The molecule has 0 aromatic heterocycles. The highest BCUT2D eigenvalue weighted by molar-refractivity contribution is 7.89. The zero-order valence-corrected chi connectivity index (χ0v) is 11.0. The molecule has 2 N–H and O–H groups in total. The molecule has 0 saturated carbocycles. The van der Waals surface area contributed by atoms with Crippen LogP contribution in [-0.4, -0.2) is 19.6 Å². The number of hydrogen-bond donors (Lipinski definition) is 2. The van der Waals surface area contributed by atoms with Gasteiger partial charge in [0.15, 0.2) is 0 Å². The van der Waals surface area contributed by atoms with Gasteiger partial charge in [-0.25, -0.2) is 13.1 Å². The molecular weight excluding hydrogens is 238 g/mol. The molecular formula is C12H19NO3S. The lowest BCUT2D eigenvalue weighted by Gasteiger charge is -2.15. The molecule has 96 valence electrons. The molecule has 0 spiro atoms. The molecule has 0 amide bonds. The first-order valence-electron chi connectivity index (χ1n) is 5.75. The molecule has 0 heterocycles. The van der Waals surface area contributed by atoms with Crippen molar-refractivity contribution in [3.63, 3.8) is 0 Å². The smallest absolute Gasteiger partial charge is 0.240 e. The van der Waals surface area contributed by atoms with Gasteiger partial charge >= 0.3 is 0 Å². The van der Waals surface area contributed by atoms with Gasteiger partial charge in [-0.15, -0.1) is 0 Å². The number of rotatable bonds is 6. The van der Waals surface area contributed by atoms with Crippen molar-refractivity contribution < 1.29 is 13.5 Å². The Morgan fingerprint density at radius 2 is 1.71 bits per heavy atom. The average Bonchev–Trinajstić information content (AvgIpc) is 2.36. The summed E-state index contributed by atoms with van der Waals surface area (Å²) in [6.45, 7) is 3.82. The van der Waals surface area contributed by atoms with Crippen LogP contribution in [-0.2, 0) is 16.6 Å². The summed E-state index contributed by atoms with van der Waals surface area (Å²) < 4.78 is 26.6. The molecule has 4 nitrogen and oxygen atoms in total. The normalized spacial score (nSPS) is 12.0. The summed E-state index contributed by atoms with van der Waals surface area (Å²) in [6.07, 6.45) is 1.54. The number of sulfonamides is 1. The van der Waals surface area contributed by atoms with Crippen LogP contribution in [0.15, 0.2) is 29.2 Å². The van der Waals surface area contributed by atoms with E-state index >= 15 is 0 Å². The van der Waals surface area contributed by atoms with Gasteiger partial charge in [0.1, 0.15) is 0 Å². The maximum Gasteiger partial charge on any atom is 0.240 e. The van der Waals surface area contributed by atoms with E-state index in [1.807, 2.05) is 13.8 Å². The predicted octanol–water partition coefficient (Wildman–Crippen LogP) is 1.65. The van der Waals surface area contributed by atoms with Gasteiger partial charge < -0.3 is 5.11 Å². The molecule has 0 radical (unpaired) electrons. The van der Waals surface area contributed by atoms with E-state index in [9.17, 15) is 8.42 Å². The van der Waals surface area contributed by atoms with E-state index in [2.05, 4.69) is 4.72 Å². The molecule has 1 aromatic carbocycles. The van der Waals surface area contributed by atoms with Crippen LogP contribution < -0.4 is 4.72 Å². The highest BCUT2D eigenvalue weighted by Crippen LogP contribution is 2.12. The third kappa shape index (κ3) is 3.80. The monoisotopic (exact) mass is 257 g/mol. The molecule has 0 aliphatic carbocycles. The Morgan fingerprint density at radius 3 is 2.12 bits per heavy atom. The van der Waals surface area contributed by atoms with Gasteiger partial charge in [0, 0.05) is 6.04 Å². The Labute approximate surface area is 103 Å². The summed E-state index contributed by atoms with van der Waals surface area (Å²) in [5.74, 6) is 0. The van der Waals surface area contributed by atoms with Crippen LogP contribution in [0.2, 0.25) is 0 Å². The first-order chi connectivity index (χ1) is 8.03. The van der Waals surface area contributed by atoms with Gasteiger partial charge in [-0.05, 0) is 30.5 Å². The summed E-state index contributed by atoms with van der Waals surface area (Å²) in [7, 11) is -3.44. The van der Waals surface area contributed by atoms with Crippen LogP contribution in [0.3, 0.4) is 0 Å². The molecule has 0 aliphatic rings. The minimum Gasteiger partial charge on any atom is -0.392 e. The minimum atomic E-state index is -3.44. The van der Waals surface area contributed by atoms with Crippen molar-refractivity contribution in [1.29, 1.82) is 0 Å². The van der Waals surface area contributed by atoms with Crippen LogP contribution in [0, 0.1) is 0 Å². The van der Waals surface area contributed by atoms with Crippen molar-refractivity contribution in [3.8, 4) is 0 Å². The van der Waals surface area contributed by atoms with Gasteiger partial charge in [-0.1, -0.05) is 26.0 Å². The molecule has 5 heteroatoms. The lowest BCUT2D eigenvalue weighted by atomic mass is 10.2. The van der Waals surface area contributed by atoms with E-state index in [4.69, 9.17) is 5.11 Å². The van der Waals surface area contributed by atoms with Crippen molar-refractivity contribution in [2.24, 2.45) is 0 Å². The summed E-state index contributed by atoms with van der Waals surface area (Å²) in [5, 5.41) is 8.89. The molecule has 1 rings (SSSR count). The first-order valence-corrected chi connectivity index (χ1v) is 7.24. The third-order valence-corrected chi connectivity index (χ3v) is 4.26. The molecule has 0 unspecified atom stereocenters. The van der Waals surface area contributed by atoms with Crippen LogP contribution in [0.5, 0.6) is 0 Å². The van der Waals surface area contributed by atoms with Crippen LogP contribution >= 0.6 is 0 Å². The molecule has 0 bridgehead atoms. The zero-order valence-electron chi connectivity index (χ0n) is 10.2. The summed E-state index contributed by atoms with van der Waals surface area (Å²) in [5.41, 5.74) is 0.700. The predicted molar refractivity (Wildman–Crippen MR) is 67.1 cm³/mol. The summed E-state index contributed by atoms with van der Waals surface area (Å²) in [6, 6.07) is 6.22. The molecule has 1 aromatic rings. The van der Waals surface area contributed by atoms with Crippen LogP contribution in [0.25, 0.3) is 0 Å². The fourth-order valence-electron chi connectivity index (χ4n) is 1.52. The van der Waals surface area contributed by atoms with E-state index < -0.39 is 10.0 Å². The maximum absolute atomic E-state index is 12.0. The highest BCUT2D eigenvalue weighted by Gasteiger charge is 2.17. The summed E-state index contributed by atoms with van der Waals surface area (Å²) in [4.78, 5) is 0.238. The lowest BCUT2D eigenvalue weighted by Crippen LogP contribution is -2.33. The third-order valence-electron chi connectivity index (χ3n) is 2.72. The van der Waals surface area contributed by atoms with Crippen LogP contribution in [0.1, 0.15) is 32.3 Å². The fraction of sp³-hybridized carbons (Fsp3) is 0.500. The van der Waals surface area contributed by atoms with E-state index in [0.29, 0.717) is 5.56 Å².